The lowest BCUT2D eigenvalue weighted by Gasteiger charge is -2.38. The van der Waals surface area contributed by atoms with Crippen molar-refractivity contribution < 1.29 is 0 Å². The second-order valence-electron chi connectivity index (χ2n) is 17.1. The molecule has 1 heteroatoms. The summed E-state index contributed by atoms with van der Waals surface area (Å²) in [6, 6.07) is 21.2. The number of fused-ring (bicyclic) bond motifs is 14. The molecule has 46 heavy (non-hydrogen) atoms. The molecule has 13 rings (SSSR count). The first kappa shape index (κ1) is 25.7. The third-order valence-electron chi connectivity index (χ3n) is 14.9. The first-order valence-electron chi connectivity index (χ1n) is 19.1. The van der Waals surface area contributed by atoms with E-state index < -0.39 is 0 Å². The summed E-state index contributed by atoms with van der Waals surface area (Å²) in [4.78, 5) is 2.87. The summed E-state index contributed by atoms with van der Waals surface area (Å²) in [5.74, 6) is 6.30. The Hall–Kier alpha value is -3.32. The van der Waals surface area contributed by atoms with Crippen LogP contribution in [-0.2, 0) is 0 Å². The van der Waals surface area contributed by atoms with Gasteiger partial charge in [-0.25, -0.2) is 0 Å². The van der Waals surface area contributed by atoms with Crippen LogP contribution in [0.3, 0.4) is 0 Å². The molecule has 6 bridgehead atoms. The topological polar surface area (TPSA) is 3.24 Å². The van der Waals surface area contributed by atoms with E-state index in [0.29, 0.717) is 12.0 Å². The third kappa shape index (κ3) is 3.24. The van der Waals surface area contributed by atoms with E-state index in [1.807, 2.05) is 0 Å². The van der Waals surface area contributed by atoms with Gasteiger partial charge in [0.1, 0.15) is 0 Å². The maximum absolute atomic E-state index is 2.87. The van der Waals surface area contributed by atoms with E-state index in [1.165, 1.54) is 109 Å². The van der Waals surface area contributed by atoms with Crippen LogP contribution in [0, 0.1) is 17.8 Å². The molecule has 0 N–H and O–H groups in total. The van der Waals surface area contributed by atoms with Crippen LogP contribution in [0.4, 0.5) is 11.4 Å². The molecular formula is C45H45N. The Morgan fingerprint density at radius 2 is 1.33 bits per heavy atom. The average Bonchev–Trinajstić information content (AvgIpc) is 3.52. The standard InChI is InChI=1S/C45H45N/c1-2-27-14-24-5-3-6-28(15-24)39-22-41-29(20-37(27)39)9-11-35-33-7-4-8-34-36-12-10-30-21-38-31-16-25-13-26(17-31)19-32(18-25)40(38)23-42(30)45(36)46(43(33)34)44(35)41/h4,7-12,20-28,31-32,34,43H,2-3,5-6,13-19H2,1H3. The molecule has 0 saturated heterocycles. The van der Waals surface area contributed by atoms with Gasteiger partial charge in [-0.15, -0.1) is 0 Å². The molecular weight excluding hydrogens is 555 g/mol. The van der Waals surface area contributed by atoms with Crippen LogP contribution in [0.5, 0.6) is 0 Å². The molecule has 7 atom stereocenters. The monoisotopic (exact) mass is 599 g/mol. The lowest BCUT2D eigenvalue weighted by Crippen LogP contribution is -2.26. The number of nitrogens with zero attached hydrogens (tertiary/aromatic N) is 1. The lowest BCUT2D eigenvalue weighted by molar-refractivity contribution is 0.166. The van der Waals surface area contributed by atoms with Gasteiger partial charge < -0.3 is 4.90 Å². The average molecular weight is 600 g/mol. The van der Waals surface area contributed by atoms with Crippen molar-refractivity contribution in [3.05, 3.63) is 100 Å². The van der Waals surface area contributed by atoms with E-state index in [-0.39, 0.29) is 0 Å². The minimum absolute atomic E-state index is 0.387. The molecule has 230 valence electrons. The van der Waals surface area contributed by atoms with Gasteiger partial charge in [0.15, 0.2) is 0 Å². The first-order valence-corrected chi connectivity index (χ1v) is 19.1. The van der Waals surface area contributed by atoms with Crippen LogP contribution in [-0.4, -0.2) is 6.04 Å². The SMILES string of the molecule is CCC1CC2CCCC(C2)c2cc3c4c(ccc3cc21)C1=CC=CC2c3ccc5cc6c(cc5c3N4C12)C1CC2CC(CC6C2)C1. The maximum atomic E-state index is 2.87. The van der Waals surface area contributed by atoms with Gasteiger partial charge in [-0.05, 0) is 156 Å². The van der Waals surface area contributed by atoms with Crippen molar-refractivity contribution >= 4 is 38.5 Å². The maximum Gasteiger partial charge on any atom is 0.0702 e. The quantitative estimate of drug-likeness (QED) is 0.210. The summed E-state index contributed by atoms with van der Waals surface area (Å²) >= 11 is 0. The zero-order valence-corrected chi connectivity index (χ0v) is 27.3. The van der Waals surface area contributed by atoms with Crippen molar-refractivity contribution in [3.63, 3.8) is 0 Å². The van der Waals surface area contributed by atoms with Gasteiger partial charge in [0.25, 0.3) is 0 Å². The molecule has 1 nitrogen and oxygen atoms in total. The zero-order chi connectivity index (χ0) is 29.8. The Morgan fingerprint density at radius 1 is 0.630 bits per heavy atom. The number of allylic oxidation sites excluding steroid dienone is 2. The fourth-order valence-corrected chi connectivity index (χ4v) is 13.2. The Morgan fingerprint density at radius 3 is 2.13 bits per heavy atom. The molecule has 7 aliphatic carbocycles. The van der Waals surface area contributed by atoms with Crippen LogP contribution in [0.1, 0.15) is 141 Å². The minimum Gasteiger partial charge on any atom is -0.331 e. The van der Waals surface area contributed by atoms with Crippen molar-refractivity contribution in [2.75, 3.05) is 4.90 Å². The van der Waals surface area contributed by atoms with Gasteiger partial charge in [0, 0.05) is 22.3 Å². The molecule has 4 aromatic carbocycles. The summed E-state index contributed by atoms with van der Waals surface area (Å²) in [5.41, 5.74) is 14.5. The first-order chi connectivity index (χ1) is 22.7. The molecule has 4 aromatic rings. The van der Waals surface area contributed by atoms with E-state index in [1.54, 1.807) is 33.4 Å². The van der Waals surface area contributed by atoms with Crippen LogP contribution in [0.15, 0.2) is 66.8 Å². The summed E-state index contributed by atoms with van der Waals surface area (Å²) in [7, 11) is 0. The largest absolute Gasteiger partial charge is 0.331 e. The Kier molecular flexibility index (Phi) is 5.02. The van der Waals surface area contributed by atoms with Crippen molar-refractivity contribution in [3.8, 4) is 0 Å². The summed E-state index contributed by atoms with van der Waals surface area (Å²) in [6.07, 6.45) is 22.9. The van der Waals surface area contributed by atoms with Gasteiger partial charge in [0.2, 0.25) is 0 Å². The summed E-state index contributed by atoms with van der Waals surface area (Å²) < 4.78 is 0. The molecule has 2 aliphatic heterocycles. The number of anilines is 2. The van der Waals surface area contributed by atoms with E-state index >= 15 is 0 Å². The lowest BCUT2D eigenvalue weighted by atomic mass is 9.67. The highest BCUT2D eigenvalue weighted by Crippen LogP contribution is 2.63. The Balaban J connectivity index is 1.11. The molecule has 3 saturated carbocycles. The van der Waals surface area contributed by atoms with Crippen molar-refractivity contribution in [1.29, 1.82) is 0 Å². The molecule has 7 unspecified atom stereocenters. The second kappa shape index (κ2) is 8.97. The summed E-state index contributed by atoms with van der Waals surface area (Å²) in [5, 5.41) is 5.99. The second-order valence-corrected chi connectivity index (χ2v) is 17.1. The van der Waals surface area contributed by atoms with Gasteiger partial charge in [0.05, 0.1) is 17.4 Å². The predicted molar refractivity (Wildman–Crippen MR) is 192 cm³/mol. The van der Waals surface area contributed by atoms with Gasteiger partial charge >= 0.3 is 0 Å². The summed E-state index contributed by atoms with van der Waals surface area (Å²) in [6.45, 7) is 2.44. The predicted octanol–water partition coefficient (Wildman–Crippen LogP) is 12.1. The highest BCUT2D eigenvalue weighted by molar-refractivity contribution is 6.13. The third-order valence-corrected chi connectivity index (χ3v) is 14.9. The van der Waals surface area contributed by atoms with Crippen molar-refractivity contribution in [2.45, 2.75) is 113 Å². The van der Waals surface area contributed by atoms with Gasteiger partial charge in [-0.1, -0.05) is 74.4 Å². The van der Waals surface area contributed by atoms with Crippen LogP contribution in [0.25, 0.3) is 27.1 Å². The van der Waals surface area contributed by atoms with Crippen LogP contribution < -0.4 is 4.90 Å². The van der Waals surface area contributed by atoms with E-state index in [9.17, 15) is 0 Å². The number of rotatable bonds is 1. The van der Waals surface area contributed by atoms with Crippen molar-refractivity contribution in [1.82, 2.24) is 0 Å². The molecule has 9 aliphatic rings. The number of benzene rings is 4. The van der Waals surface area contributed by atoms with E-state index in [4.69, 9.17) is 0 Å². The molecule has 0 radical (unpaired) electrons. The van der Waals surface area contributed by atoms with E-state index in [2.05, 4.69) is 78.6 Å². The number of hydrogen-bond acceptors (Lipinski definition) is 1. The van der Waals surface area contributed by atoms with Gasteiger partial charge in [-0.3, -0.25) is 0 Å². The molecule has 0 aromatic heterocycles. The molecule has 3 fully saturated rings. The Bertz CT molecular complexity index is 2060. The fourth-order valence-electron chi connectivity index (χ4n) is 13.2. The molecule has 0 amide bonds. The highest BCUT2D eigenvalue weighted by atomic mass is 15.2. The smallest absolute Gasteiger partial charge is 0.0702 e. The normalized spacial score (nSPS) is 35.4. The molecule has 0 spiro atoms. The molecule has 2 heterocycles. The number of hydrogen-bond donors (Lipinski definition) is 0. The van der Waals surface area contributed by atoms with Crippen LogP contribution in [0.2, 0.25) is 0 Å². The van der Waals surface area contributed by atoms with Crippen LogP contribution >= 0.6 is 0 Å². The Labute approximate surface area is 273 Å². The zero-order valence-electron chi connectivity index (χ0n) is 27.3. The highest BCUT2D eigenvalue weighted by Gasteiger charge is 2.49. The minimum atomic E-state index is 0.387. The van der Waals surface area contributed by atoms with E-state index in [0.717, 1.165) is 41.4 Å². The fraction of sp³-hybridized carbons (Fsp3) is 0.467. The van der Waals surface area contributed by atoms with Crippen molar-refractivity contribution in [2.24, 2.45) is 17.8 Å². The van der Waals surface area contributed by atoms with Gasteiger partial charge in [-0.2, -0.15) is 0 Å².